The Balaban J connectivity index is 1.71. The normalized spacial score (nSPS) is 10.9. The van der Waals surface area contributed by atoms with Gasteiger partial charge in [-0.2, -0.15) is 0 Å². The van der Waals surface area contributed by atoms with E-state index in [2.05, 4.69) is 64.4 Å². The number of aromatic nitrogens is 3. The fourth-order valence-electron chi connectivity index (χ4n) is 3.03. The Morgan fingerprint density at radius 2 is 1.75 bits per heavy atom. The summed E-state index contributed by atoms with van der Waals surface area (Å²) in [6.07, 6.45) is 3.78. The van der Waals surface area contributed by atoms with Crippen LogP contribution >= 0.6 is 0 Å². The molecule has 0 aliphatic heterocycles. The van der Waals surface area contributed by atoms with Gasteiger partial charge in [0.15, 0.2) is 0 Å². The molecule has 2 N–H and O–H groups in total. The minimum absolute atomic E-state index is 0.600. The number of para-hydroxylation sites is 1. The summed E-state index contributed by atoms with van der Waals surface area (Å²) in [7, 11) is 0. The first-order valence-electron chi connectivity index (χ1n) is 7.94. The van der Waals surface area contributed by atoms with Crippen molar-refractivity contribution < 1.29 is 0 Å². The molecule has 0 aliphatic rings. The van der Waals surface area contributed by atoms with Crippen LogP contribution in [0.1, 0.15) is 11.1 Å². The predicted octanol–water partition coefficient (Wildman–Crippen LogP) is 4.99. The van der Waals surface area contributed by atoms with Crippen LogP contribution < -0.4 is 5.32 Å². The van der Waals surface area contributed by atoms with Gasteiger partial charge in [-0.1, -0.05) is 24.3 Å². The van der Waals surface area contributed by atoms with E-state index in [1.807, 2.05) is 24.4 Å². The number of aryl methyl sites for hydroxylation is 2. The molecule has 0 radical (unpaired) electrons. The molecule has 0 bridgehead atoms. The maximum absolute atomic E-state index is 4.68. The first kappa shape index (κ1) is 14.5. The van der Waals surface area contributed by atoms with Gasteiger partial charge in [-0.15, -0.1) is 0 Å². The molecule has 24 heavy (non-hydrogen) atoms. The molecule has 0 saturated carbocycles. The van der Waals surface area contributed by atoms with Crippen molar-refractivity contribution in [3.05, 3.63) is 72.1 Å². The number of hydrogen-bond donors (Lipinski definition) is 2. The average Bonchev–Trinajstić information content (AvgIpc) is 2.98. The molecule has 0 fully saturated rings. The number of fused-ring (bicyclic) bond motifs is 1. The van der Waals surface area contributed by atoms with E-state index in [0.29, 0.717) is 5.95 Å². The second kappa shape index (κ2) is 5.81. The van der Waals surface area contributed by atoms with Crippen molar-refractivity contribution in [3.63, 3.8) is 0 Å². The lowest BCUT2D eigenvalue weighted by Gasteiger charge is -2.08. The van der Waals surface area contributed by atoms with Crippen LogP contribution in [0.3, 0.4) is 0 Å². The van der Waals surface area contributed by atoms with Crippen molar-refractivity contribution in [2.75, 3.05) is 5.32 Å². The summed E-state index contributed by atoms with van der Waals surface area (Å²) in [6, 6.07) is 16.5. The van der Waals surface area contributed by atoms with Crippen LogP contribution in [0.4, 0.5) is 11.6 Å². The molecule has 2 aromatic carbocycles. The van der Waals surface area contributed by atoms with E-state index in [-0.39, 0.29) is 0 Å². The highest BCUT2D eigenvalue weighted by Crippen LogP contribution is 2.27. The Morgan fingerprint density at radius 1 is 0.958 bits per heavy atom. The highest BCUT2D eigenvalue weighted by atomic mass is 15.1. The highest BCUT2D eigenvalue weighted by Gasteiger charge is 2.08. The first-order valence-corrected chi connectivity index (χ1v) is 7.94. The fourth-order valence-corrected chi connectivity index (χ4v) is 3.03. The third-order valence-corrected chi connectivity index (χ3v) is 4.00. The molecule has 4 nitrogen and oxygen atoms in total. The highest BCUT2D eigenvalue weighted by molar-refractivity contribution is 5.94. The van der Waals surface area contributed by atoms with Gasteiger partial charge in [0.25, 0.3) is 0 Å². The van der Waals surface area contributed by atoms with Crippen LogP contribution in [-0.4, -0.2) is 15.0 Å². The molecule has 4 aromatic rings. The molecule has 0 unspecified atom stereocenters. The predicted molar refractivity (Wildman–Crippen MR) is 98.5 cm³/mol. The van der Waals surface area contributed by atoms with Gasteiger partial charge < -0.3 is 10.3 Å². The zero-order valence-electron chi connectivity index (χ0n) is 13.7. The Labute approximate surface area is 140 Å². The lowest BCUT2D eigenvalue weighted by molar-refractivity contribution is 1.17. The SMILES string of the molecule is Cc1cc(C)cc(Nc2nccc(-c3c[nH]c4ccccc34)n2)c1. The standard InChI is InChI=1S/C20H18N4/c1-13-9-14(2)11-15(10-13)23-20-21-8-7-19(24-20)17-12-22-18-6-4-3-5-16(17)18/h3-12,22H,1-2H3,(H,21,23,24). The second-order valence-corrected chi connectivity index (χ2v) is 6.01. The van der Waals surface area contributed by atoms with Gasteiger partial charge in [0, 0.05) is 34.5 Å². The van der Waals surface area contributed by atoms with Crippen molar-refractivity contribution in [2.24, 2.45) is 0 Å². The topological polar surface area (TPSA) is 53.6 Å². The molecule has 118 valence electrons. The van der Waals surface area contributed by atoms with E-state index in [0.717, 1.165) is 27.8 Å². The van der Waals surface area contributed by atoms with Crippen molar-refractivity contribution in [2.45, 2.75) is 13.8 Å². The molecule has 0 saturated heterocycles. The van der Waals surface area contributed by atoms with Crippen molar-refractivity contribution in [3.8, 4) is 11.3 Å². The molecule has 0 atom stereocenters. The Hall–Kier alpha value is -3.14. The lowest BCUT2D eigenvalue weighted by Crippen LogP contribution is -1.98. The molecule has 2 aromatic heterocycles. The Morgan fingerprint density at radius 3 is 2.58 bits per heavy atom. The fraction of sp³-hybridized carbons (Fsp3) is 0.100. The second-order valence-electron chi connectivity index (χ2n) is 6.01. The van der Waals surface area contributed by atoms with Gasteiger partial charge >= 0.3 is 0 Å². The summed E-state index contributed by atoms with van der Waals surface area (Å²) in [5, 5.41) is 4.46. The maximum Gasteiger partial charge on any atom is 0.227 e. The summed E-state index contributed by atoms with van der Waals surface area (Å²) in [5.74, 6) is 0.600. The van der Waals surface area contributed by atoms with Gasteiger partial charge in [-0.25, -0.2) is 9.97 Å². The van der Waals surface area contributed by atoms with Crippen molar-refractivity contribution in [1.29, 1.82) is 0 Å². The summed E-state index contributed by atoms with van der Waals surface area (Å²) in [4.78, 5) is 12.3. The number of hydrogen-bond acceptors (Lipinski definition) is 3. The molecule has 0 spiro atoms. The minimum Gasteiger partial charge on any atom is -0.360 e. The number of rotatable bonds is 3. The summed E-state index contributed by atoms with van der Waals surface area (Å²) >= 11 is 0. The number of benzene rings is 2. The number of anilines is 2. The zero-order chi connectivity index (χ0) is 16.5. The largest absolute Gasteiger partial charge is 0.360 e. The van der Waals surface area contributed by atoms with Crippen LogP contribution in [0.15, 0.2) is 60.9 Å². The quantitative estimate of drug-likeness (QED) is 0.560. The van der Waals surface area contributed by atoms with Gasteiger partial charge in [-0.05, 0) is 49.2 Å². The van der Waals surface area contributed by atoms with E-state index in [4.69, 9.17) is 0 Å². The first-order chi connectivity index (χ1) is 11.7. The average molecular weight is 314 g/mol. The third-order valence-electron chi connectivity index (χ3n) is 4.00. The maximum atomic E-state index is 4.68. The van der Waals surface area contributed by atoms with E-state index in [1.54, 1.807) is 6.20 Å². The smallest absolute Gasteiger partial charge is 0.227 e. The van der Waals surface area contributed by atoms with Gasteiger partial charge in [0.2, 0.25) is 5.95 Å². The molecule has 4 rings (SSSR count). The number of nitrogens with one attached hydrogen (secondary N) is 2. The summed E-state index contributed by atoms with van der Waals surface area (Å²) in [5.41, 5.74) is 6.51. The molecular weight excluding hydrogens is 296 g/mol. The molecular formula is C20H18N4. The van der Waals surface area contributed by atoms with Crippen LogP contribution in [0, 0.1) is 13.8 Å². The zero-order valence-corrected chi connectivity index (χ0v) is 13.7. The lowest BCUT2D eigenvalue weighted by atomic mass is 10.1. The van der Waals surface area contributed by atoms with E-state index in [1.165, 1.54) is 11.1 Å². The molecule has 0 aliphatic carbocycles. The minimum atomic E-state index is 0.600. The van der Waals surface area contributed by atoms with Crippen LogP contribution in [0.5, 0.6) is 0 Å². The van der Waals surface area contributed by atoms with E-state index < -0.39 is 0 Å². The van der Waals surface area contributed by atoms with Crippen molar-refractivity contribution in [1.82, 2.24) is 15.0 Å². The molecule has 4 heteroatoms. The van der Waals surface area contributed by atoms with E-state index >= 15 is 0 Å². The Kier molecular flexibility index (Phi) is 3.50. The van der Waals surface area contributed by atoms with Gasteiger partial charge in [0.05, 0.1) is 5.69 Å². The van der Waals surface area contributed by atoms with Gasteiger partial charge in [-0.3, -0.25) is 0 Å². The Bertz CT molecular complexity index is 997. The number of aromatic amines is 1. The van der Waals surface area contributed by atoms with Crippen molar-refractivity contribution >= 4 is 22.5 Å². The van der Waals surface area contributed by atoms with E-state index in [9.17, 15) is 0 Å². The molecule has 2 heterocycles. The van der Waals surface area contributed by atoms with Crippen LogP contribution in [0.2, 0.25) is 0 Å². The van der Waals surface area contributed by atoms with Crippen LogP contribution in [-0.2, 0) is 0 Å². The summed E-state index contributed by atoms with van der Waals surface area (Å²) < 4.78 is 0. The van der Waals surface area contributed by atoms with Gasteiger partial charge in [0.1, 0.15) is 0 Å². The third kappa shape index (κ3) is 2.74. The number of H-pyrrole nitrogens is 1. The number of nitrogens with zero attached hydrogens (tertiary/aromatic N) is 2. The molecule has 0 amide bonds. The summed E-state index contributed by atoms with van der Waals surface area (Å²) in [6.45, 7) is 4.17. The monoisotopic (exact) mass is 314 g/mol. The van der Waals surface area contributed by atoms with Crippen LogP contribution in [0.25, 0.3) is 22.2 Å².